The molecule has 0 bridgehead atoms. The van der Waals surface area contributed by atoms with Crippen molar-refractivity contribution in [3.05, 3.63) is 47.5 Å². The largest absolute Gasteiger partial charge is 0.481 e. The molecule has 0 spiro atoms. The number of aliphatic carboxylic acids is 1. The number of amides is 1. The van der Waals surface area contributed by atoms with Crippen molar-refractivity contribution in [2.24, 2.45) is 33.7 Å². The summed E-state index contributed by atoms with van der Waals surface area (Å²) < 4.78 is 0. The van der Waals surface area contributed by atoms with E-state index in [2.05, 4.69) is 17.4 Å². The lowest BCUT2D eigenvalue weighted by molar-refractivity contribution is -0.181. The van der Waals surface area contributed by atoms with Gasteiger partial charge in [0.15, 0.2) is 12.4 Å². The zero-order chi connectivity index (χ0) is 31.0. The van der Waals surface area contributed by atoms with Crippen molar-refractivity contribution in [1.82, 2.24) is 5.32 Å². The molecule has 0 radical (unpaired) electrons. The topological polar surface area (TPSA) is 166 Å². The number of carbonyl (C=O) groups is 3. The fourth-order valence-electron chi connectivity index (χ4n) is 9.07. The molecule has 5 N–H and O–H groups in total. The third-order valence-corrected chi connectivity index (χ3v) is 11.3. The fourth-order valence-corrected chi connectivity index (χ4v) is 9.07. The molecule has 10 heteroatoms. The molecule has 4 aliphatic carbocycles. The number of nitrogens with one attached hydrogen (secondary N) is 1. The Balaban J connectivity index is 1.21. The van der Waals surface area contributed by atoms with Crippen LogP contribution in [0.1, 0.15) is 76.7 Å². The van der Waals surface area contributed by atoms with Crippen LogP contribution in [0.15, 0.2) is 47.1 Å². The molecule has 43 heavy (non-hydrogen) atoms. The summed E-state index contributed by atoms with van der Waals surface area (Å²) in [6.45, 7) is 3.31. The third kappa shape index (κ3) is 5.65. The van der Waals surface area contributed by atoms with Crippen molar-refractivity contribution < 1.29 is 39.6 Å². The van der Waals surface area contributed by atoms with E-state index in [1.165, 1.54) is 5.57 Å². The van der Waals surface area contributed by atoms with E-state index in [9.17, 15) is 34.8 Å². The average Bonchev–Trinajstić information content (AvgIpc) is 3.25. The van der Waals surface area contributed by atoms with Gasteiger partial charge in [0.2, 0.25) is 0 Å². The molecule has 0 unspecified atom stereocenters. The predicted molar refractivity (Wildman–Crippen MR) is 158 cm³/mol. The predicted octanol–water partition coefficient (Wildman–Crippen LogP) is 2.96. The van der Waals surface area contributed by atoms with E-state index in [-0.39, 0.29) is 54.6 Å². The van der Waals surface area contributed by atoms with Gasteiger partial charge in [-0.15, -0.1) is 0 Å². The number of carboxylic acids is 1. The van der Waals surface area contributed by atoms with Gasteiger partial charge in [-0.05, 0) is 79.8 Å². The van der Waals surface area contributed by atoms with Crippen LogP contribution >= 0.6 is 0 Å². The molecule has 8 atom stereocenters. The van der Waals surface area contributed by atoms with Crippen LogP contribution in [-0.4, -0.2) is 75.3 Å². The number of benzene rings is 1. The maximum atomic E-state index is 12.6. The molecule has 1 amide bonds. The summed E-state index contributed by atoms with van der Waals surface area (Å²) in [5.74, 6) is -1.97. The number of aliphatic hydroxyl groups is 3. The van der Waals surface area contributed by atoms with Crippen LogP contribution in [0.25, 0.3) is 0 Å². The van der Waals surface area contributed by atoms with E-state index < -0.39 is 35.5 Å². The SMILES string of the molecule is C[C@]12CC/C(=N\OCC(=O)NC[C@H](CC(=O)O)c3ccccc3)C=C1CC[C@H]1[C@H]2[C@@H](O)C[C@@]2(C)[C@H]1CC[C@]2(O)C(=O)CO. The van der Waals surface area contributed by atoms with Crippen LogP contribution in [0.4, 0.5) is 0 Å². The van der Waals surface area contributed by atoms with Gasteiger partial charge in [-0.2, -0.15) is 0 Å². The Hall–Kier alpha value is -3.08. The van der Waals surface area contributed by atoms with Crippen LogP contribution in [0, 0.1) is 28.6 Å². The van der Waals surface area contributed by atoms with Gasteiger partial charge in [-0.25, -0.2) is 0 Å². The maximum absolute atomic E-state index is 12.6. The quantitative estimate of drug-likeness (QED) is 0.257. The van der Waals surface area contributed by atoms with Crippen LogP contribution in [0.3, 0.4) is 0 Å². The van der Waals surface area contributed by atoms with E-state index in [1.807, 2.05) is 43.3 Å². The molecular formula is C33H44N2O8. The highest BCUT2D eigenvalue weighted by Crippen LogP contribution is 2.67. The molecule has 3 saturated carbocycles. The van der Waals surface area contributed by atoms with Crippen molar-refractivity contribution >= 4 is 23.4 Å². The van der Waals surface area contributed by atoms with E-state index >= 15 is 0 Å². The molecule has 5 rings (SSSR count). The number of rotatable bonds is 10. The minimum absolute atomic E-state index is 0.00578. The standard InChI is InChI=1S/C33H44N2O8/c1-31-12-10-23(35-43-19-28(39)34-17-21(14-29(40)41)20-6-4-3-5-7-20)15-22(31)8-9-24-25-11-13-33(42,27(38)18-36)32(25,2)16-26(37)30(24)31/h3-7,15,21,24-26,30,36-37,42H,8-14,16-19H2,1-2H3,(H,34,39)(H,40,41)/b35-23+/t21-,24+,25-,26-,30-,31-,32-,33-/m0/s1. The van der Waals surface area contributed by atoms with Crippen molar-refractivity contribution in [3.63, 3.8) is 0 Å². The number of carboxylic acid groups (broad SMARTS) is 1. The normalized spacial score (nSPS) is 36.5. The first-order chi connectivity index (χ1) is 20.4. The molecule has 234 valence electrons. The fraction of sp³-hybridized carbons (Fsp3) is 0.636. The molecule has 0 aliphatic heterocycles. The van der Waals surface area contributed by atoms with Gasteiger partial charge < -0.3 is 30.6 Å². The highest BCUT2D eigenvalue weighted by Gasteiger charge is 2.68. The number of hydrogen-bond acceptors (Lipinski definition) is 8. The number of aliphatic hydroxyl groups excluding tert-OH is 2. The lowest BCUT2D eigenvalue weighted by Crippen LogP contribution is -2.62. The molecule has 1 aromatic rings. The Labute approximate surface area is 252 Å². The second kappa shape index (κ2) is 12.1. The van der Waals surface area contributed by atoms with Crippen LogP contribution < -0.4 is 5.32 Å². The third-order valence-electron chi connectivity index (χ3n) is 11.3. The monoisotopic (exact) mass is 596 g/mol. The number of ketones is 1. The molecule has 0 saturated heterocycles. The Morgan fingerprint density at radius 1 is 1.12 bits per heavy atom. The Morgan fingerprint density at radius 2 is 1.86 bits per heavy atom. The Morgan fingerprint density at radius 3 is 2.56 bits per heavy atom. The minimum atomic E-state index is -1.61. The molecule has 0 heterocycles. The summed E-state index contributed by atoms with van der Waals surface area (Å²) >= 11 is 0. The van der Waals surface area contributed by atoms with Gasteiger partial charge >= 0.3 is 5.97 Å². The molecule has 1 aromatic carbocycles. The molecular weight excluding hydrogens is 552 g/mol. The number of fused-ring (bicyclic) bond motifs is 5. The summed E-state index contributed by atoms with van der Waals surface area (Å²) in [7, 11) is 0. The highest BCUT2D eigenvalue weighted by molar-refractivity contribution is 5.96. The van der Waals surface area contributed by atoms with Crippen LogP contribution in [0.2, 0.25) is 0 Å². The van der Waals surface area contributed by atoms with E-state index in [0.29, 0.717) is 25.7 Å². The second-order valence-electron chi connectivity index (χ2n) is 13.5. The van der Waals surface area contributed by atoms with Crippen molar-refractivity contribution in [1.29, 1.82) is 0 Å². The smallest absolute Gasteiger partial charge is 0.304 e. The number of Topliss-reactive ketones (excluding diaryl/α,β-unsaturated/α-hetero) is 1. The number of hydrogen-bond donors (Lipinski definition) is 5. The average molecular weight is 597 g/mol. The van der Waals surface area contributed by atoms with Gasteiger partial charge in [-0.3, -0.25) is 14.4 Å². The summed E-state index contributed by atoms with van der Waals surface area (Å²) in [5.41, 5.74) is 0.157. The van der Waals surface area contributed by atoms with Gasteiger partial charge in [0.25, 0.3) is 5.91 Å². The summed E-state index contributed by atoms with van der Waals surface area (Å²) in [4.78, 5) is 41.8. The summed E-state index contributed by atoms with van der Waals surface area (Å²) in [5, 5.41) is 48.8. The van der Waals surface area contributed by atoms with Gasteiger partial charge in [0.1, 0.15) is 12.2 Å². The first-order valence-corrected chi connectivity index (χ1v) is 15.4. The van der Waals surface area contributed by atoms with E-state index in [1.54, 1.807) is 0 Å². The highest BCUT2D eigenvalue weighted by atomic mass is 16.6. The Kier molecular flexibility index (Phi) is 8.84. The number of oxime groups is 1. The Bertz CT molecular complexity index is 1300. The first-order valence-electron chi connectivity index (χ1n) is 15.4. The van der Waals surface area contributed by atoms with E-state index in [4.69, 9.17) is 4.84 Å². The molecule has 3 fully saturated rings. The summed E-state index contributed by atoms with van der Waals surface area (Å²) in [6.07, 6.45) is 5.63. The van der Waals surface area contributed by atoms with Crippen LogP contribution in [0.5, 0.6) is 0 Å². The number of carbonyl (C=O) groups excluding carboxylic acids is 2. The molecule has 0 aromatic heterocycles. The molecule has 4 aliphatic rings. The number of allylic oxidation sites excluding steroid dienone is 2. The van der Waals surface area contributed by atoms with Gasteiger partial charge in [0.05, 0.1) is 18.2 Å². The first kappa shape index (κ1) is 31.3. The second-order valence-corrected chi connectivity index (χ2v) is 13.5. The number of nitrogens with zero attached hydrogens (tertiary/aromatic N) is 1. The summed E-state index contributed by atoms with van der Waals surface area (Å²) in [6, 6.07) is 9.22. The maximum Gasteiger partial charge on any atom is 0.304 e. The lowest BCUT2D eigenvalue weighted by atomic mass is 9.45. The van der Waals surface area contributed by atoms with Gasteiger partial charge in [0, 0.05) is 17.9 Å². The van der Waals surface area contributed by atoms with Gasteiger partial charge in [-0.1, -0.05) is 54.9 Å². The zero-order valence-corrected chi connectivity index (χ0v) is 25.0. The molecule has 10 nitrogen and oxygen atoms in total. The van der Waals surface area contributed by atoms with Crippen molar-refractivity contribution in [3.8, 4) is 0 Å². The van der Waals surface area contributed by atoms with Crippen LogP contribution in [-0.2, 0) is 19.2 Å². The lowest BCUT2D eigenvalue weighted by Gasteiger charge is -2.60. The zero-order valence-electron chi connectivity index (χ0n) is 25.0. The van der Waals surface area contributed by atoms with Crippen molar-refractivity contribution in [2.45, 2.75) is 82.8 Å². The van der Waals surface area contributed by atoms with E-state index in [0.717, 1.165) is 30.5 Å². The minimum Gasteiger partial charge on any atom is -0.481 e. The van der Waals surface area contributed by atoms with Crippen molar-refractivity contribution in [2.75, 3.05) is 19.8 Å².